The van der Waals surface area contributed by atoms with E-state index in [0.717, 1.165) is 32.5 Å². The highest BCUT2D eigenvalue weighted by atomic mass is 16.4. The first-order valence-corrected chi connectivity index (χ1v) is 7.66. The van der Waals surface area contributed by atoms with Crippen LogP contribution in [0.3, 0.4) is 0 Å². The number of aryl methyl sites for hydroxylation is 2. The lowest BCUT2D eigenvalue weighted by Crippen LogP contribution is -2.26. The lowest BCUT2D eigenvalue weighted by Gasteiger charge is -2.20. The van der Waals surface area contributed by atoms with Crippen LogP contribution in [0.2, 0.25) is 0 Å². The molecule has 1 unspecified atom stereocenters. The summed E-state index contributed by atoms with van der Waals surface area (Å²) >= 11 is 0. The molecule has 0 aliphatic heterocycles. The molecule has 0 aliphatic rings. The zero-order chi connectivity index (χ0) is 16.0. The number of aromatic nitrogens is 2. The summed E-state index contributed by atoms with van der Waals surface area (Å²) in [6.07, 6.45) is 2.09. The fraction of sp³-hybridized carbons (Fsp3) is 0.733. The molecular weight excluding hydrogens is 268 g/mol. The van der Waals surface area contributed by atoms with Gasteiger partial charge in [0.05, 0.1) is 5.69 Å². The molecule has 0 saturated carbocycles. The lowest BCUT2D eigenvalue weighted by molar-refractivity contribution is 0.0697. The van der Waals surface area contributed by atoms with Gasteiger partial charge in [0.15, 0.2) is 0 Å². The molecule has 6 heteroatoms. The van der Waals surface area contributed by atoms with Gasteiger partial charge in [-0.15, -0.1) is 0 Å². The van der Waals surface area contributed by atoms with Crippen molar-refractivity contribution in [1.29, 1.82) is 0 Å². The van der Waals surface area contributed by atoms with E-state index in [1.165, 1.54) is 0 Å². The Morgan fingerprint density at radius 1 is 1.43 bits per heavy atom. The third kappa shape index (κ3) is 4.74. The number of anilines is 1. The van der Waals surface area contributed by atoms with Gasteiger partial charge in [0.25, 0.3) is 0 Å². The van der Waals surface area contributed by atoms with Crippen molar-refractivity contribution < 1.29 is 9.90 Å². The van der Waals surface area contributed by atoms with Crippen LogP contribution in [0.1, 0.15) is 49.7 Å². The van der Waals surface area contributed by atoms with E-state index in [2.05, 4.69) is 36.1 Å². The minimum Gasteiger partial charge on any atom is -0.477 e. The number of nitrogens with zero attached hydrogens (tertiary/aromatic N) is 3. The predicted octanol–water partition coefficient (Wildman–Crippen LogP) is 2.35. The third-order valence-electron chi connectivity index (χ3n) is 3.83. The average molecular weight is 296 g/mol. The van der Waals surface area contributed by atoms with Crippen LogP contribution >= 0.6 is 0 Å². The summed E-state index contributed by atoms with van der Waals surface area (Å²) in [4.78, 5) is 13.7. The molecule has 120 valence electrons. The Hall–Kier alpha value is -1.56. The van der Waals surface area contributed by atoms with Gasteiger partial charge in [0, 0.05) is 13.1 Å². The zero-order valence-electron chi connectivity index (χ0n) is 13.8. The molecule has 0 spiro atoms. The van der Waals surface area contributed by atoms with Gasteiger partial charge in [0.2, 0.25) is 0 Å². The summed E-state index contributed by atoms with van der Waals surface area (Å²) < 4.78 is 1.61. The molecule has 0 radical (unpaired) electrons. The van der Waals surface area contributed by atoms with Crippen LogP contribution in [0.4, 0.5) is 5.82 Å². The summed E-state index contributed by atoms with van der Waals surface area (Å²) in [6.45, 7) is 11.4. The Morgan fingerprint density at radius 2 is 2.05 bits per heavy atom. The molecule has 1 heterocycles. The Balaban J connectivity index is 2.59. The molecular formula is C15H28N4O2. The second-order valence-corrected chi connectivity index (χ2v) is 5.45. The second-order valence-electron chi connectivity index (χ2n) is 5.45. The molecule has 1 aromatic rings. The number of carboxylic acids is 1. The van der Waals surface area contributed by atoms with Gasteiger partial charge in [-0.25, -0.2) is 4.79 Å². The number of hydrogen-bond acceptors (Lipinski definition) is 4. The molecule has 0 bridgehead atoms. The van der Waals surface area contributed by atoms with Gasteiger partial charge in [-0.1, -0.05) is 13.8 Å². The van der Waals surface area contributed by atoms with Crippen LogP contribution in [0.25, 0.3) is 0 Å². The van der Waals surface area contributed by atoms with Crippen LogP contribution in [0.5, 0.6) is 0 Å². The molecule has 0 aromatic carbocycles. The standard InChI is InChI=1S/C15H28N4O2/c1-6-19(7-2)10-8-9-11(3)16-14-13(15(20)21)12(4)17-18(14)5/h11,16H,6-10H2,1-5H3,(H,20,21). The van der Waals surface area contributed by atoms with Crippen LogP contribution in [-0.2, 0) is 7.05 Å². The highest BCUT2D eigenvalue weighted by Crippen LogP contribution is 2.20. The van der Waals surface area contributed by atoms with E-state index in [-0.39, 0.29) is 11.6 Å². The lowest BCUT2D eigenvalue weighted by atomic mass is 10.1. The molecule has 1 rings (SSSR count). The van der Waals surface area contributed by atoms with E-state index in [9.17, 15) is 9.90 Å². The van der Waals surface area contributed by atoms with Gasteiger partial charge >= 0.3 is 5.97 Å². The molecule has 0 aliphatic carbocycles. The van der Waals surface area contributed by atoms with Crippen LogP contribution in [0, 0.1) is 6.92 Å². The highest BCUT2D eigenvalue weighted by Gasteiger charge is 2.20. The van der Waals surface area contributed by atoms with Crippen LogP contribution < -0.4 is 5.32 Å². The van der Waals surface area contributed by atoms with E-state index < -0.39 is 5.97 Å². The Labute approximate surface area is 127 Å². The number of aromatic carboxylic acids is 1. The Morgan fingerprint density at radius 3 is 2.57 bits per heavy atom. The smallest absolute Gasteiger partial charge is 0.341 e. The van der Waals surface area contributed by atoms with Gasteiger partial charge in [0.1, 0.15) is 11.4 Å². The summed E-state index contributed by atoms with van der Waals surface area (Å²) in [7, 11) is 1.77. The maximum absolute atomic E-state index is 11.3. The van der Waals surface area contributed by atoms with E-state index in [0.29, 0.717) is 11.5 Å². The van der Waals surface area contributed by atoms with Crippen molar-refractivity contribution in [3.63, 3.8) is 0 Å². The van der Waals surface area contributed by atoms with Crippen molar-refractivity contribution >= 4 is 11.8 Å². The molecule has 1 atom stereocenters. The van der Waals surface area contributed by atoms with Crippen LogP contribution in [0.15, 0.2) is 0 Å². The molecule has 1 aromatic heterocycles. The maximum atomic E-state index is 11.3. The second kappa shape index (κ2) is 8.02. The van der Waals surface area contributed by atoms with Gasteiger partial charge < -0.3 is 15.3 Å². The molecule has 0 saturated heterocycles. The van der Waals surface area contributed by atoms with E-state index in [1.54, 1.807) is 18.7 Å². The van der Waals surface area contributed by atoms with Crippen molar-refractivity contribution in [2.75, 3.05) is 25.0 Å². The molecule has 0 fully saturated rings. The monoisotopic (exact) mass is 296 g/mol. The SMILES string of the molecule is CCN(CC)CCCC(C)Nc1c(C(=O)O)c(C)nn1C. The van der Waals surface area contributed by atoms with Gasteiger partial charge in [-0.05, 0) is 46.3 Å². The quantitative estimate of drug-likeness (QED) is 0.732. The van der Waals surface area contributed by atoms with Crippen molar-refractivity contribution in [2.45, 2.75) is 46.6 Å². The summed E-state index contributed by atoms with van der Waals surface area (Å²) in [5.41, 5.74) is 0.816. The topological polar surface area (TPSA) is 70.4 Å². The minimum atomic E-state index is -0.932. The van der Waals surface area contributed by atoms with Crippen molar-refractivity contribution in [1.82, 2.24) is 14.7 Å². The average Bonchev–Trinajstić information content (AvgIpc) is 2.69. The summed E-state index contributed by atoms with van der Waals surface area (Å²) in [6, 6.07) is 0.216. The Kier molecular flexibility index (Phi) is 6.68. The normalized spacial score (nSPS) is 12.7. The molecule has 2 N–H and O–H groups in total. The van der Waals surface area contributed by atoms with E-state index >= 15 is 0 Å². The fourth-order valence-corrected chi connectivity index (χ4v) is 2.55. The van der Waals surface area contributed by atoms with Crippen LogP contribution in [-0.4, -0.2) is 51.4 Å². The number of carbonyl (C=O) groups is 1. The maximum Gasteiger partial charge on any atom is 0.341 e. The zero-order valence-corrected chi connectivity index (χ0v) is 13.8. The van der Waals surface area contributed by atoms with Gasteiger partial charge in [-0.3, -0.25) is 4.68 Å². The predicted molar refractivity (Wildman–Crippen MR) is 85.0 cm³/mol. The Bertz CT molecular complexity index is 466. The number of hydrogen-bond donors (Lipinski definition) is 2. The van der Waals surface area contributed by atoms with E-state index in [1.807, 2.05) is 0 Å². The fourth-order valence-electron chi connectivity index (χ4n) is 2.55. The molecule has 0 amide bonds. The first-order valence-electron chi connectivity index (χ1n) is 7.66. The summed E-state index contributed by atoms with van der Waals surface area (Å²) in [5.74, 6) is -0.339. The van der Waals surface area contributed by atoms with E-state index in [4.69, 9.17) is 0 Å². The summed E-state index contributed by atoms with van der Waals surface area (Å²) in [5, 5.41) is 16.8. The number of carboxylic acid groups (broad SMARTS) is 1. The molecule has 21 heavy (non-hydrogen) atoms. The molecule has 6 nitrogen and oxygen atoms in total. The van der Waals surface area contributed by atoms with Crippen molar-refractivity contribution in [3.05, 3.63) is 11.3 Å². The number of rotatable bonds is 9. The third-order valence-corrected chi connectivity index (χ3v) is 3.83. The number of nitrogens with one attached hydrogen (secondary N) is 1. The highest BCUT2D eigenvalue weighted by molar-refractivity contribution is 5.94. The van der Waals surface area contributed by atoms with Crippen molar-refractivity contribution in [2.24, 2.45) is 7.05 Å². The largest absolute Gasteiger partial charge is 0.477 e. The van der Waals surface area contributed by atoms with Gasteiger partial charge in [-0.2, -0.15) is 5.10 Å². The van der Waals surface area contributed by atoms with Crippen molar-refractivity contribution in [3.8, 4) is 0 Å². The first kappa shape index (κ1) is 17.5. The first-order chi connectivity index (χ1) is 9.90. The minimum absolute atomic E-state index is 0.216.